The van der Waals surface area contributed by atoms with E-state index in [2.05, 4.69) is 19.7 Å². The molecule has 1 fully saturated rings. The fourth-order valence-electron chi connectivity index (χ4n) is 2.14. The molecule has 26 heavy (non-hydrogen) atoms. The molecule has 144 valence electrons. The van der Waals surface area contributed by atoms with Crippen molar-refractivity contribution >= 4 is 27.9 Å². The Balaban J connectivity index is 2.11. The van der Waals surface area contributed by atoms with Gasteiger partial charge in [0.2, 0.25) is 5.85 Å². The Morgan fingerprint density at radius 3 is 2.77 bits per heavy atom. The smallest absolute Gasteiger partial charge is 0.320 e. The molecule has 0 spiro atoms. The first-order valence-electron chi connectivity index (χ1n) is 6.77. The molecule has 1 aliphatic rings. The number of nitrogens with one attached hydrogen (secondary N) is 1. The van der Waals surface area contributed by atoms with Gasteiger partial charge in [-0.05, 0) is 6.42 Å². The highest BCUT2D eigenvalue weighted by molar-refractivity contribution is 7.71. The normalized spacial score (nSPS) is 25.6. The van der Waals surface area contributed by atoms with Crippen LogP contribution in [0, 0.1) is 17.0 Å². The van der Waals surface area contributed by atoms with Gasteiger partial charge in [-0.2, -0.15) is 4.31 Å². The minimum atomic E-state index is -5.33. The van der Waals surface area contributed by atoms with Gasteiger partial charge in [0, 0.05) is 12.6 Å². The standard InChI is InChI=1S/C11H13FN2O9P2S/c1-2-7-5-14(10(15)13-9(7)26)8-3-4-11(12,22-8)6-21-25(19,20)23-24(16,17)18/h1,5,8H,3-4,6H2,(H,19,20)(H,13,15,26)(H2,16,17,18)/t8-,11+/m1/s1. The van der Waals surface area contributed by atoms with Gasteiger partial charge >= 0.3 is 21.3 Å². The molecule has 11 nitrogen and oxygen atoms in total. The number of H-pyrrole nitrogens is 1. The molecular weight excluding hydrogens is 417 g/mol. The van der Waals surface area contributed by atoms with Crippen molar-refractivity contribution in [2.24, 2.45) is 0 Å². The second-order valence-corrected chi connectivity index (χ2v) is 8.40. The summed E-state index contributed by atoms with van der Waals surface area (Å²) in [6, 6.07) is 0. The van der Waals surface area contributed by atoms with Crippen LogP contribution in [-0.4, -0.2) is 36.7 Å². The Labute approximate surface area is 150 Å². The molecule has 1 aromatic rings. The molecule has 0 aromatic carbocycles. The maximum absolute atomic E-state index is 14.6. The number of hydrogen-bond donors (Lipinski definition) is 4. The van der Waals surface area contributed by atoms with E-state index < -0.39 is 40.0 Å². The van der Waals surface area contributed by atoms with Gasteiger partial charge in [-0.25, -0.2) is 18.3 Å². The molecule has 2 rings (SSSR count). The van der Waals surface area contributed by atoms with Crippen LogP contribution in [0.4, 0.5) is 4.39 Å². The number of ether oxygens (including phenoxy) is 1. The number of phosphoric acid groups is 2. The van der Waals surface area contributed by atoms with Crippen molar-refractivity contribution in [3.05, 3.63) is 26.9 Å². The van der Waals surface area contributed by atoms with E-state index in [0.29, 0.717) is 0 Å². The average molecular weight is 430 g/mol. The number of aromatic nitrogens is 2. The van der Waals surface area contributed by atoms with E-state index in [1.165, 1.54) is 6.20 Å². The summed E-state index contributed by atoms with van der Waals surface area (Å²) >= 11 is 4.86. The average Bonchev–Trinajstić information content (AvgIpc) is 2.86. The molecule has 0 saturated carbocycles. The summed E-state index contributed by atoms with van der Waals surface area (Å²) in [5.74, 6) is -0.363. The maximum atomic E-state index is 14.6. The molecule has 1 aromatic heterocycles. The zero-order valence-electron chi connectivity index (χ0n) is 12.8. The largest absolute Gasteiger partial charge is 0.481 e. The van der Waals surface area contributed by atoms with E-state index in [-0.39, 0.29) is 23.0 Å². The number of aromatic amines is 1. The lowest BCUT2D eigenvalue weighted by Gasteiger charge is -2.22. The lowest BCUT2D eigenvalue weighted by molar-refractivity contribution is -0.175. The number of nitrogens with zero attached hydrogens (tertiary/aromatic N) is 1. The summed E-state index contributed by atoms with van der Waals surface area (Å²) in [6.45, 7) is -1.17. The molecule has 2 heterocycles. The van der Waals surface area contributed by atoms with Crippen LogP contribution in [0.3, 0.4) is 0 Å². The molecule has 1 unspecified atom stereocenters. The third-order valence-electron chi connectivity index (χ3n) is 3.20. The highest BCUT2D eigenvalue weighted by Gasteiger charge is 2.45. The van der Waals surface area contributed by atoms with Crippen LogP contribution in [0.25, 0.3) is 0 Å². The summed E-state index contributed by atoms with van der Waals surface area (Å²) in [6.07, 6.45) is 4.96. The second-order valence-electron chi connectivity index (χ2n) is 5.16. The molecule has 15 heteroatoms. The molecule has 4 N–H and O–H groups in total. The highest BCUT2D eigenvalue weighted by Crippen LogP contribution is 2.58. The van der Waals surface area contributed by atoms with Crippen molar-refractivity contribution in [2.75, 3.05) is 6.61 Å². The Bertz CT molecular complexity index is 950. The van der Waals surface area contributed by atoms with Gasteiger partial charge in [0.05, 0.1) is 5.56 Å². The maximum Gasteiger partial charge on any atom is 0.481 e. The van der Waals surface area contributed by atoms with Crippen molar-refractivity contribution < 1.29 is 41.8 Å². The van der Waals surface area contributed by atoms with E-state index in [1.54, 1.807) is 0 Å². The first-order valence-corrected chi connectivity index (χ1v) is 10.2. The fraction of sp³-hybridized carbons (Fsp3) is 0.455. The van der Waals surface area contributed by atoms with Crippen LogP contribution < -0.4 is 5.69 Å². The predicted octanol–water partition coefficient (Wildman–Crippen LogP) is 1.09. The second kappa shape index (κ2) is 7.44. The van der Waals surface area contributed by atoms with Crippen LogP contribution in [0.15, 0.2) is 11.0 Å². The molecule has 0 amide bonds. The molecule has 0 bridgehead atoms. The van der Waals surface area contributed by atoms with Crippen molar-refractivity contribution in [2.45, 2.75) is 24.9 Å². The van der Waals surface area contributed by atoms with E-state index in [1.807, 2.05) is 0 Å². The third kappa shape index (κ3) is 5.40. The summed E-state index contributed by atoms with van der Waals surface area (Å²) in [4.78, 5) is 40.4. The first kappa shape index (κ1) is 21.1. The topological polar surface area (TPSA) is 160 Å². The molecule has 3 atom stereocenters. The Morgan fingerprint density at radius 2 is 2.19 bits per heavy atom. The minimum absolute atomic E-state index is 0.0243. The van der Waals surface area contributed by atoms with Crippen molar-refractivity contribution in [1.29, 1.82) is 0 Å². The summed E-state index contributed by atoms with van der Waals surface area (Å²) < 4.78 is 50.3. The third-order valence-corrected chi connectivity index (χ3v) is 5.65. The minimum Gasteiger partial charge on any atom is -0.320 e. The summed E-state index contributed by atoms with van der Waals surface area (Å²) in [5.41, 5.74) is -0.535. The highest BCUT2D eigenvalue weighted by atomic mass is 32.1. The van der Waals surface area contributed by atoms with Crippen molar-refractivity contribution in [1.82, 2.24) is 9.55 Å². The van der Waals surface area contributed by atoms with Crippen LogP contribution in [0.2, 0.25) is 0 Å². The number of alkyl halides is 1. The van der Waals surface area contributed by atoms with Gasteiger partial charge in [0.15, 0.2) is 0 Å². The van der Waals surface area contributed by atoms with Gasteiger partial charge < -0.3 is 19.4 Å². The van der Waals surface area contributed by atoms with Crippen LogP contribution >= 0.6 is 27.9 Å². The van der Waals surface area contributed by atoms with Crippen molar-refractivity contribution in [3.8, 4) is 12.3 Å². The van der Waals surface area contributed by atoms with Gasteiger partial charge in [0.1, 0.15) is 17.5 Å². The predicted molar refractivity (Wildman–Crippen MR) is 85.9 cm³/mol. The van der Waals surface area contributed by atoms with Crippen LogP contribution in [-0.2, 0) is 22.7 Å². The lowest BCUT2D eigenvalue weighted by atomic mass is 10.2. The van der Waals surface area contributed by atoms with Crippen LogP contribution in [0.1, 0.15) is 24.6 Å². The number of terminal acetylenes is 1. The van der Waals surface area contributed by atoms with E-state index in [4.69, 9.17) is 38.1 Å². The van der Waals surface area contributed by atoms with E-state index in [0.717, 1.165) is 4.57 Å². The molecule has 0 radical (unpaired) electrons. The summed E-state index contributed by atoms with van der Waals surface area (Å²) in [5, 5.41) is 0. The molecule has 1 saturated heterocycles. The Kier molecular flexibility index (Phi) is 6.04. The van der Waals surface area contributed by atoms with Gasteiger partial charge in [-0.15, -0.1) is 6.42 Å². The number of hydrogen-bond acceptors (Lipinski definition) is 7. The first-order chi connectivity index (χ1) is 11.8. The number of phosphoric ester groups is 1. The van der Waals surface area contributed by atoms with Gasteiger partial charge in [0.25, 0.3) is 0 Å². The van der Waals surface area contributed by atoms with E-state index in [9.17, 15) is 18.3 Å². The van der Waals surface area contributed by atoms with Gasteiger partial charge in [-0.3, -0.25) is 14.1 Å². The number of halogens is 1. The Morgan fingerprint density at radius 1 is 1.54 bits per heavy atom. The zero-order chi connectivity index (χ0) is 19.8. The zero-order valence-corrected chi connectivity index (χ0v) is 15.4. The molecule has 0 aliphatic carbocycles. The number of rotatable bonds is 6. The van der Waals surface area contributed by atoms with Crippen LogP contribution in [0.5, 0.6) is 0 Å². The quantitative estimate of drug-likeness (QED) is 0.292. The fourth-order valence-corrected chi connectivity index (χ4v) is 3.96. The SMILES string of the molecule is C#Cc1cn([C@H]2CC[C@@](F)(COP(=O)(O)OP(=O)(O)O)O2)c(=O)[nH]c1=S. The summed E-state index contributed by atoms with van der Waals surface area (Å²) in [7, 11) is -10.6. The Hall–Kier alpha value is -1.19. The van der Waals surface area contributed by atoms with Gasteiger partial charge in [-0.1, -0.05) is 18.1 Å². The van der Waals surface area contributed by atoms with Crippen molar-refractivity contribution in [3.63, 3.8) is 0 Å². The lowest BCUT2D eigenvalue weighted by Crippen LogP contribution is -2.32. The molecule has 1 aliphatic heterocycles. The molecular formula is C11H13FN2O9P2S. The monoisotopic (exact) mass is 430 g/mol. The van der Waals surface area contributed by atoms with E-state index >= 15 is 0 Å².